The monoisotopic (exact) mass is 279 g/mol. The van der Waals surface area contributed by atoms with Gasteiger partial charge >= 0.3 is 0 Å². The molecule has 1 aliphatic rings. The van der Waals surface area contributed by atoms with Crippen molar-refractivity contribution >= 4 is 5.91 Å². The molecule has 0 saturated heterocycles. The van der Waals surface area contributed by atoms with Crippen molar-refractivity contribution in [3.63, 3.8) is 0 Å². The van der Waals surface area contributed by atoms with Crippen LogP contribution >= 0.6 is 0 Å². The van der Waals surface area contributed by atoms with Gasteiger partial charge in [0, 0.05) is 19.5 Å². The molecule has 116 valence electrons. The summed E-state index contributed by atoms with van der Waals surface area (Å²) in [5.74, 6) is 0.315. The van der Waals surface area contributed by atoms with Gasteiger partial charge in [0.1, 0.15) is 0 Å². The fourth-order valence-electron chi connectivity index (χ4n) is 2.81. The van der Waals surface area contributed by atoms with Gasteiger partial charge in [-0.3, -0.25) is 4.79 Å². The van der Waals surface area contributed by atoms with Gasteiger partial charge in [-0.15, -0.1) is 0 Å². The first kappa shape index (κ1) is 17.3. The van der Waals surface area contributed by atoms with Gasteiger partial charge in [0.05, 0.1) is 0 Å². The van der Waals surface area contributed by atoms with E-state index >= 15 is 0 Å². The number of carbonyl (C=O) groups excluding carboxylic acids is 1. The third-order valence-corrected chi connectivity index (χ3v) is 4.16. The van der Waals surface area contributed by atoms with Crippen molar-refractivity contribution in [1.29, 1.82) is 0 Å². The molecule has 0 unspecified atom stereocenters. The fourth-order valence-corrected chi connectivity index (χ4v) is 2.81. The first-order valence-electron chi connectivity index (χ1n) is 8.77. The van der Waals surface area contributed by atoms with Crippen molar-refractivity contribution in [2.24, 2.45) is 0 Å². The molecule has 1 rings (SSSR count). The second-order valence-corrected chi connectivity index (χ2v) is 6.03. The fraction of sp³-hybridized carbons (Fsp3) is 0.833. The number of carbonyl (C=O) groups is 1. The zero-order valence-corrected chi connectivity index (χ0v) is 13.4. The standard InChI is InChI=1S/C18H33NO/c1-2-3-4-5-6-7-8-9-10-13-16-19-17-14-11-12-15-18(19)20/h11-12H,2-10,13-17H2,1H3. The van der Waals surface area contributed by atoms with E-state index in [1.807, 2.05) is 11.0 Å². The number of nitrogens with zero attached hydrogens (tertiary/aromatic N) is 1. The summed E-state index contributed by atoms with van der Waals surface area (Å²) >= 11 is 0. The van der Waals surface area contributed by atoms with E-state index in [9.17, 15) is 4.79 Å². The predicted octanol–water partition coefficient (Wildman–Crippen LogP) is 5.09. The lowest BCUT2D eigenvalue weighted by Gasteiger charge is -2.20. The lowest BCUT2D eigenvalue weighted by molar-refractivity contribution is -0.130. The van der Waals surface area contributed by atoms with E-state index < -0.39 is 0 Å². The number of hydrogen-bond donors (Lipinski definition) is 0. The maximum absolute atomic E-state index is 11.8. The van der Waals surface area contributed by atoms with Crippen LogP contribution in [0.3, 0.4) is 0 Å². The Balaban J connectivity index is 1.88. The first-order valence-corrected chi connectivity index (χ1v) is 8.77. The van der Waals surface area contributed by atoms with Crippen LogP contribution in [0.15, 0.2) is 12.2 Å². The van der Waals surface area contributed by atoms with Crippen LogP contribution in [0.25, 0.3) is 0 Å². The zero-order valence-electron chi connectivity index (χ0n) is 13.4. The van der Waals surface area contributed by atoms with E-state index in [0.717, 1.165) is 19.5 Å². The molecule has 1 heterocycles. The minimum absolute atomic E-state index is 0.315. The molecule has 2 nitrogen and oxygen atoms in total. The Morgan fingerprint density at radius 2 is 1.50 bits per heavy atom. The van der Waals surface area contributed by atoms with Crippen LogP contribution in [0, 0.1) is 0 Å². The molecular formula is C18H33NO. The van der Waals surface area contributed by atoms with E-state index in [0.29, 0.717) is 12.3 Å². The highest BCUT2D eigenvalue weighted by Crippen LogP contribution is 2.12. The maximum atomic E-state index is 11.8. The van der Waals surface area contributed by atoms with E-state index in [1.165, 1.54) is 64.2 Å². The highest BCUT2D eigenvalue weighted by molar-refractivity contribution is 5.78. The first-order chi connectivity index (χ1) is 9.84. The molecule has 0 aromatic rings. The summed E-state index contributed by atoms with van der Waals surface area (Å²) in [6.07, 6.45) is 19.4. The van der Waals surface area contributed by atoms with Crippen LogP contribution in [0.5, 0.6) is 0 Å². The van der Waals surface area contributed by atoms with Gasteiger partial charge in [-0.25, -0.2) is 0 Å². The molecule has 20 heavy (non-hydrogen) atoms. The van der Waals surface area contributed by atoms with Gasteiger partial charge in [0.15, 0.2) is 0 Å². The summed E-state index contributed by atoms with van der Waals surface area (Å²) in [6, 6.07) is 0. The average molecular weight is 279 g/mol. The molecule has 0 spiro atoms. The lowest BCUT2D eigenvalue weighted by Crippen LogP contribution is -2.31. The van der Waals surface area contributed by atoms with E-state index in [1.54, 1.807) is 0 Å². The molecule has 0 fully saturated rings. The Bertz CT molecular complexity index is 273. The quantitative estimate of drug-likeness (QED) is 0.381. The minimum Gasteiger partial charge on any atom is -0.342 e. The third kappa shape index (κ3) is 8.39. The Morgan fingerprint density at radius 3 is 2.15 bits per heavy atom. The normalized spacial score (nSPS) is 15.7. The Labute approximate surface area is 125 Å². The van der Waals surface area contributed by atoms with Crippen LogP contribution in [0.4, 0.5) is 0 Å². The van der Waals surface area contributed by atoms with Crippen LogP contribution in [-0.2, 0) is 4.79 Å². The molecule has 1 amide bonds. The van der Waals surface area contributed by atoms with Crippen molar-refractivity contribution < 1.29 is 4.79 Å². The van der Waals surface area contributed by atoms with E-state index in [4.69, 9.17) is 0 Å². The van der Waals surface area contributed by atoms with Gasteiger partial charge in [-0.05, 0) is 12.8 Å². The summed E-state index contributed by atoms with van der Waals surface area (Å²) < 4.78 is 0. The number of rotatable bonds is 11. The molecule has 0 saturated carbocycles. The number of amides is 1. The van der Waals surface area contributed by atoms with Gasteiger partial charge in [-0.2, -0.15) is 0 Å². The summed E-state index contributed by atoms with van der Waals surface area (Å²) in [5, 5.41) is 0. The molecule has 0 aromatic heterocycles. The molecular weight excluding hydrogens is 246 g/mol. The van der Waals surface area contributed by atoms with Gasteiger partial charge in [0.2, 0.25) is 5.91 Å². The SMILES string of the molecule is CCCCCCCCCCCCN1CCC=CCC1=O. The zero-order chi connectivity index (χ0) is 14.5. The predicted molar refractivity (Wildman–Crippen MR) is 86.8 cm³/mol. The molecule has 0 radical (unpaired) electrons. The number of unbranched alkanes of at least 4 members (excludes halogenated alkanes) is 9. The largest absolute Gasteiger partial charge is 0.342 e. The second-order valence-electron chi connectivity index (χ2n) is 6.03. The van der Waals surface area contributed by atoms with Crippen molar-refractivity contribution in [2.45, 2.75) is 84.0 Å². The van der Waals surface area contributed by atoms with E-state index in [2.05, 4.69) is 13.0 Å². The highest BCUT2D eigenvalue weighted by Gasteiger charge is 2.12. The lowest BCUT2D eigenvalue weighted by atomic mass is 10.1. The van der Waals surface area contributed by atoms with Crippen molar-refractivity contribution in [2.75, 3.05) is 13.1 Å². The van der Waals surface area contributed by atoms with Crippen LogP contribution in [0.2, 0.25) is 0 Å². The summed E-state index contributed by atoms with van der Waals surface area (Å²) in [4.78, 5) is 13.8. The topological polar surface area (TPSA) is 20.3 Å². The smallest absolute Gasteiger partial charge is 0.226 e. The number of hydrogen-bond acceptors (Lipinski definition) is 1. The van der Waals surface area contributed by atoms with Crippen LogP contribution in [-0.4, -0.2) is 23.9 Å². The van der Waals surface area contributed by atoms with Crippen LogP contribution < -0.4 is 0 Å². The molecule has 0 bridgehead atoms. The van der Waals surface area contributed by atoms with Crippen molar-refractivity contribution in [1.82, 2.24) is 4.90 Å². The molecule has 0 atom stereocenters. The summed E-state index contributed by atoms with van der Waals surface area (Å²) in [5.41, 5.74) is 0. The minimum atomic E-state index is 0.315. The van der Waals surface area contributed by atoms with Crippen molar-refractivity contribution in [3.8, 4) is 0 Å². The highest BCUT2D eigenvalue weighted by atomic mass is 16.2. The van der Waals surface area contributed by atoms with Gasteiger partial charge in [-0.1, -0.05) is 76.9 Å². The van der Waals surface area contributed by atoms with Gasteiger partial charge in [0.25, 0.3) is 0 Å². The molecule has 0 N–H and O–H groups in total. The third-order valence-electron chi connectivity index (χ3n) is 4.16. The summed E-state index contributed by atoms with van der Waals surface area (Å²) in [7, 11) is 0. The maximum Gasteiger partial charge on any atom is 0.226 e. The molecule has 0 aromatic carbocycles. The summed E-state index contributed by atoms with van der Waals surface area (Å²) in [6.45, 7) is 4.16. The average Bonchev–Trinajstić information content (AvgIpc) is 2.66. The Kier molecular flexibility index (Phi) is 10.3. The molecule has 2 heteroatoms. The van der Waals surface area contributed by atoms with Gasteiger partial charge < -0.3 is 4.90 Å². The molecule has 1 aliphatic heterocycles. The molecule has 0 aliphatic carbocycles. The second kappa shape index (κ2) is 12.0. The Hall–Kier alpha value is -0.790. The Morgan fingerprint density at radius 1 is 0.900 bits per heavy atom. The van der Waals surface area contributed by atoms with E-state index in [-0.39, 0.29) is 0 Å². The van der Waals surface area contributed by atoms with Crippen LogP contribution in [0.1, 0.15) is 84.0 Å². The van der Waals surface area contributed by atoms with Crippen molar-refractivity contribution in [3.05, 3.63) is 12.2 Å².